The molecule has 2 N–H and O–H groups in total. The van der Waals surface area contributed by atoms with Crippen LogP contribution in [0.1, 0.15) is 26.7 Å². The topological polar surface area (TPSA) is 49.3 Å². The lowest BCUT2D eigenvalue weighted by atomic mass is 10.1. The minimum atomic E-state index is -1.97. The molecule has 6 heteroatoms. The fraction of sp³-hybridized carbons (Fsp3) is 0.727. The van der Waals surface area contributed by atoms with Gasteiger partial charge in [-0.25, -0.2) is 0 Å². The quantitative estimate of drug-likeness (QED) is 0.585. The number of carbonyl (C=O) groups is 1. The molecule has 0 fully saturated rings. The van der Waals surface area contributed by atoms with Crippen molar-refractivity contribution in [1.29, 1.82) is 0 Å². The second-order valence-electron chi connectivity index (χ2n) is 4.15. The van der Waals surface area contributed by atoms with Gasteiger partial charge in [0, 0.05) is 12.6 Å². The predicted octanol–water partition coefficient (Wildman–Crippen LogP) is 2.83. The molecule has 0 aliphatic carbocycles. The van der Waals surface area contributed by atoms with Crippen LogP contribution in [0.2, 0.25) is 0 Å². The first kappa shape index (κ1) is 17.0. The van der Waals surface area contributed by atoms with Crippen molar-refractivity contribution < 1.29 is 9.90 Å². The van der Waals surface area contributed by atoms with Gasteiger partial charge in [-0.15, -0.1) is 0 Å². The van der Waals surface area contributed by atoms with Crippen molar-refractivity contribution in [3.8, 4) is 0 Å². The Kier molecular flexibility index (Phi) is 8.22. The van der Waals surface area contributed by atoms with Gasteiger partial charge < -0.3 is 10.4 Å². The summed E-state index contributed by atoms with van der Waals surface area (Å²) in [4.78, 5) is 11.4. The molecular weight excluding hydrogens is 284 g/mol. The lowest BCUT2D eigenvalue weighted by molar-refractivity contribution is -0.120. The van der Waals surface area contributed by atoms with Crippen molar-refractivity contribution in [2.75, 3.05) is 6.61 Å². The first-order chi connectivity index (χ1) is 7.77. The highest BCUT2D eigenvalue weighted by molar-refractivity contribution is 6.76. The van der Waals surface area contributed by atoms with E-state index in [1.54, 1.807) is 0 Å². The Morgan fingerprint density at radius 3 is 2.41 bits per heavy atom. The van der Waals surface area contributed by atoms with Crippen LogP contribution in [0.4, 0.5) is 0 Å². The molecule has 0 rings (SSSR count). The summed E-state index contributed by atoms with van der Waals surface area (Å²) in [5.74, 6) is -0.153. The standard InChI is InChI=1S/C11H18Cl3NO2/c1-8(2)4-3-5-9(6-7-16)15-10(17)11(12,13)14/h3,5,8-9,16H,4,6-7H2,1-2H3,(H,15,17)/b5-3+/t9-/m1/s1. The minimum absolute atomic E-state index is 0.0448. The fourth-order valence-corrected chi connectivity index (χ4v) is 1.28. The maximum absolute atomic E-state index is 11.4. The molecule has 0 radical (unpaired) electrons. The minimum Gasteiger partial charge on any atom is -0.396 e. The van der Waals surface area contributed by atoms with Crippen LogP contribution in [0.3, 0.4) is 0 Å². The summed E-state index contributed by atoms with van der Waals surface area (Å²) in [5, 5.41) is 11.4. The third-order valence-electron chi connectivity index (χ3n) is 1.99. The second-order valence-corrected chi connectivity index (χ2v) is 6.43. The molecule has 17 heavy (non-hydrogen) atoms. The van der Waals surface area contributed by atoms with Crippen molar-refractivity contribution in [3.05, 3.63) is 12.2 Å². The maximum Gasteiger partial charge on any atom is 0.272 e. The van der Waals surface area contributed by atoms with Gasteiger partial charge in [-0.2, -0.15) is 0 Å². The SMILES string of the molecule is CC(C)C/C=C/[C@H](CCO)NC(=O)C(Cl)(Cl)Cl. The van der Waals surface area contributed by atoms with Gasteiger partial charge in [0.2, 0.25) is 0 Å². The molecule has 0 saturated carbocycles. The number of carbonyl (C=O) groups excluding carboxylic acids is 1. The molecule has 1 amide bonds. The molecule has 0 aromatic heterocycles. The van der Waals surface area contributed by atoms with E-state index >= 15 is 0 Å². The van der Waals surface area contributed by atoms with E-state index < -0.39 is 9.70 Å². The molecule has 0 unspecified atom stereocenters. The smallest absolute Gasteiger partial charge is 0.272 e. The van der Waals surface area contributed by atoms with Crippen molar-refractivity contribution in [3.63, 3.8) is 0 Å². The molecule has 0 aliphatic rings. The summed E-state index contributed by atoms with van der Waals surface area (Å²) >= 11 is 16.3. The monoisotopic (exact) mass is 301 g/mol. The number of aliphatic hydroxyl groups is 1. The largest absolute Gasteiger partial charge is 0.396 e. The summed E-state index contributed by atoms with van der Waals surface area (Å²) in [6.45, 7) is 4.13. The Morgan fingerprint density at radius 1 is 1.41 bits per heavy atom. The Morgan fingerprint density at radius 2 is 2.00 bits per heavy atom. The van der Waals surface area contributed by atoms with Gasteiger partial charge in [-0.3, -0.25) is 4.79 Å². The van der Waals surface area contributed by atoms with Crippen molar-refractivity contribution >= 4 is 40.7 Å². The van der Waals surface area contributed by atoms with E-state index in [1.165, 1.54) is 0 Å². The summed E-state index contributed by atoms with van der Waals surface area (Å²) in [6.07, 6.45) is 5.04. The second kappa shape index (κ2) is 8.20. The lowest BCUT2D eigenvalue weighted by Crippen LogP contribution is -2.41. The Labute approximate surface area is 117 Å². The third kappa shape index (κ3) is 8.72. The zero-order valence-electron chi connectivity index (χ0n) is 9.92. The molecule has 0 aromatic carbocycles. The van der Waals surface area contributed by atoms with Crippen LogP contribution in [0, 0.1) is 5.92 Å². The van der Waals surface area contributed by atoms with Gasteiger partial charge in [-0.05, 0) is 18.8 Å². The highest BCUT2D eigenvalue weighted by atomic mass is 35.6. The molecule has 0 bridgehead atoms. The number of aliphatic hydroxyl groups excluding tert-OH is 1. The average molecular weight is 303 g/mol. The molecule has 0 aromatic rings. The molecule has 1 atom stereocenters. The molecular formula is C11H18Cl3NO2. The highest BCUT2D eigenvalue weighted by Gasteiger charge is 2.31. The predicted molar refractivity (Wildman–Crippen MR) is 72.5 cm³/mol. The van der Waals surface area contributed by atoms with Gasteiger partial charge in [0.05, 0.1) is 0 Å². The Balaban J connectivity index is 4.34. The Hall–Kier alpha value is 0.0400. The Bertz CT molecular complexity index is 262. The average Bonchev–Trinajstić information content (AvgIpc) is 2.15. The fourth-order valence-electron chi connectivity index (χ4n) is 1.12. The number of nitrogens with one attached hydrogen (secondary N) is 1. The summed E-state index contributed by atoms with van der Waals surface area (Å²) in [7, 11) is 0. The number of allylic oxidation sites excluding steroid dienone is 1. The van der Waals surface area contributed by atoms with Crippen molar-refractivity contribution in [1.82, 2.24) is 5.32 Å². The van der Waals surface area contributed by atoms with E-state index in [0.29, 0.717) is 12.3 Å². The van der Waals surface area contributed by atoms with Crippen molar-refractivity contribution in [2.45, 2.75) is 36.5 Å². The van der Waals surface area contributed by atoms with E-state index in [9.17, 15) is 4.79 Å². The van der Waals surface area contributed by atoms with Gasteiger partial charge in [0.1, 0.15) is 0 Å². The first-order valence-corrected chi connectivity index (χ1v) is 6.56. The van der Waals surface area contributed by atoms with Crippen molar-refractivity contribution in [2.24, 2.45) is 5.92 Å². The van der Waals surface area contributed by atoms with E-state index in [1.807, 2.05) is 12.2 Å². The van der Waals surface area contributed by atoms with Gasteiger partial charge >= 0.3 is 0 Å². The lowest BCUT2D eigenvalue weighted by Gasteiger charge is -2.17. The van der Waals surface area contributed by atoms with E-state index in [4.69, 9.17) is 39.9 Å². The highest BCUT2D eigenvalue weighted by Crippen LogP contribution is 2.26. The van der Waals surface area contributed by atoms with Crippen LogP contribution in [0.15, 0.2) is 12.2 Å². The molecule has 0 heterocycles. The van der Waals surface area contributed by atoms with Gasteiger partial charge in [0.15, 0.2) is 0 Å². The molecule has 0 saturated heterocycles. The molecule has 3 nitrogen and oxygen atoms in total. The summed E-state index contributed by atoms with van der Waals surface area (Å²) < 4.78 is -1.97. The van der Waals surface area contributed by atoms with Crippen LogP contribution in [0.25, 0.3) is 0 Å². The molecule has 0 spiro atoms. The summed E-state index contributed by atoms with van der Waals surface area (Å²) in [5.41, 5.74) is 0. The maximum atomic E-state index is 11.4. The zero-order valence-corrected chi connectivity index (χ0v) is 12.2. The van der Waals surface area contributed by atoms with E-state index in [-0.39, 0.29) is 12.6 Å². The normalized spacial score (nSPS) is 14.3. The van der Waals surface area contributed by atoms with E-state index in [2.05, 4.69) is 19.2 Å². The van der Waals surface area contributed by atoms with Crippen LogP contribution in [-0.4, -0.2) is 27.5 Å². The van der Waals surface area contributed by atoms with Crippen LogP contribution in [0.5, 0.6) is 0 Å². The van der Waals surface area contributed by atoms with Gasteiger partial charge in [0.25, 0.3) is 9.70 Å². The first-order valence-electron chi connectivity index (χ1n) is 5.42. The van der Waals surface area contributed by atoms with Crippen LogP contribution in [-0.2, 0) is 4.79 Å². The molecule has 100 valence electrons. The van der Waals surface area contributed by atoms with Gasteiger partial charge in [-0.1, -0.05) is 60.8 Å². The number of amides is 1. The zero-order chi connectivity index (χ0) is 13.5. The number of hydrogen-bond donors (Lipinski definition) is 2. The number of hydrogen-bond acceptors (Lipinski definition) is 2. The number of alkyl halides is 3. The molecule has 0 aliphatic heterocycles. The van der Waals surface area contributed by atoms with Crippen LogP contribution >= 0.6 is 34.8 Å². The third-order valence-corrected chi connectivity index (χ3v) is 2.50. The summed E-state index contributed by atoms with van der Waals surface area (Å²) in [6, 6.07) is -0.318. The van der Waals surface area contributed by atoms with Crippen LogP contribution < -0.4 is 5.32 Å². The van der Waals surface area contributed by atoms with E-state index in [0.717, 1.165) is 6.42 Å². The number of rotatable bonds is 6. The number of halogens is 3.